The van der Waals surface area contributed by atoms with Gasteiger partial charge in [0.05, 0.1) is 17.8 Å². The summed E-state index contributed by atoms with van der Waals surface area (Å²) in [5, 5.41) is 3.55. The monoisotopic (exact) mass is 365 g/mol. The zero-order chi connectivity index (χ0) is 17.5. The lowest BCUT2D eigenvalue weighted by atomic mass is 10.2. The molecule has 0 radical (unpaired) electrons. The molecule has 24 heavy (non-hydrogen) atoms. The molecule has 0 atom stereocenters. The number of hydrogen-bond donors (Lipinski definition) is 1. The van der Waals surface area contributed by atoms with Crippen LogP contribution < -0.4 is 14.8 Å². The van der Waals surface area contributed by atoms with Crippen LogP contribution in [-0.2, 0) is 4.79 Å². The molecule has 0 bridgehead atoms. The number of ether oxygens (including phenoxy) is 2. The molecule has 0 saturated carbocycles. The van der Waals surface area contributed by atoms with Crippen molar-refractivity contribution in [2.45, 2.75) is 6.92 Å². The van der Waals surface area contributed by atoms with Crippen LogP contribution in [0, 0.1) is 0 Å². The molecular weight excluding hydrogens is 349 g/mol. The Balaban J connectivity index is 2.02. The number of carbonyl (C=O) groups is 1. The minimum Gasteiger partial charge on any atom is -0.493 e. The van der Waals surface area contributed by atoms with Crippen molar-refractivity contribution < 1.29 is 14.3 Å². The van der Waals surface area contributed by atoms with Crippen LogP contribution in [0.1, 0.15) is 12.5 Å². The summed E-state index contributed by atoms with van der Waals surface area (Å²) in [7, 11) is 1.55. The molecule has 2 aromatic carbocycles. The van der Waals surface area contributed by atoms with Gasteiger partial charge in [-0.15, -0.1) is 0 Å². The van der Waals surface area contributed by atoms with Crippen LogP contribution >= 0.6 is 23.2 Å². The third-order valence-electron chi connectivity index (χ3n) is 3.11. The van der Waals surface area contributed by atoms with Crippen molar-refractivity contribution in [2.75, 3.05) is 19.0 Å². The van der Waals surface area contributed by atoms with Crippen molar-refractivity contribution in [2.24, 2.45) is 0 Å². The van der Waals surface area contributed by atoms with Gasteiger partial charge in [0.25, 0.3) is 5.91 Å². The molecule has 0 saturated heterocycles. The van der Waals surface area contributed by atoms with Gasteiger partial charge in [-0.05, 0) is 42.8 Å². The van der Waals surface area contributed by atoms with Crippen LogP contribution in [0.15, 0.2) is 42.5 Å². The Hall–Kier alpha value is -2.17. The highest BCUT2D eigenvalue weighted by Gasteiger charge is 2.10. The lowest BCUT2D eigenvalue weighted by Crippen LogP contribution is -2.20. The first-order valence-electron chi connectivity index (χ1n) is 7.22. The summed E-state index contributed by atoms with van der Waals surface area (Å²) < 4.78 is 10.8. The third kappa shape index (κ3) is 4.91. The highest BCUT2D eigenvalue weighted by Crippen LogP contribution is 2.29. The fraction of sp³-hybridized carbons (Fsp3) is 0.167. The Morgan fingerprint density at radius 3 is 2.67 bits per heavy atom. The average Bonchev–Trinajstić information content (AvgIpc) is 2.57. The second kappa shape index (κ2) is 8.62. The lowest BCUT2D eigenvalue weighted by Gasteiger charge is -2.12. The van der Waals surface area contributed by atoms with E-state index in [9.17, 15) is 4.79 Å². The van der Waals surface area contributed by atoms with Crippen molar-refractivity contribution in [3.8, 4) is 11.5 Å². The quantitative estimate of drug-likeness (QED) is 0.778. The summed E-state index contributed by atoms with van der Waals surface area (Å²) in [6.07, 6.45) is 3.87. The van der Waals surface area contributed by atoms with Crippen LogP contribution in [0.5, 0.6) is 11.5 Å². The summed E-state index contributed by atoms with van der Waals surface area (Å²) in [5.74, 6) is 0.691. The van der Waals surface area contributed by atoms with Gasteiger partial charge in [0.1, 0.15) is 0 Å². The van der Waals surface area contributed by atoms with Gasteiger partial charge in [-0.25, -0.2) is 0 Å². The maximum atomic E-state index is 12.0. The second-order valence-corrected chi connectivity index (χ2v) is 5.71. The van der Waals surface area contributed by atoms with Crippen LogP contribution in [0.3, 0.4) is 0 Å². The molecule has 0 unspecified atom stereocenters. The number of benzene rings is 2. The van der Waals surface area contributed by atoms with E-state index in [1.54, 1.807) is 31.4 Å². The standard InChI is InChI=1S/C18H17Cl2NO3/c1-3-4-12-5-8-16(17(9-12)23-2)24-11-18(22)21-15-10-13(19)6-7-14(15)20/h3-10H,11H2,1-2H3,(H,21,22)/b4-3+. The van der Waals surface area contributed by atoms with Gasteiger partial charge in [0.2, 0.25) is 0 Å². The Morgan fingerprint density at radius 1 is 1.17 bits per heavy atom. The molecule has 0 heterocycles. The summed E-state index contributed by atoms with van der Waals surface area (Å²) in [5.41, 5.74) is 1.42. The fourth-order valence-electron chi connectivity index (χ4n) is 2.02. The van der Waals surface area contributed by atoms with E-state index in [0.717, 1.165) is 5.56 Å². The Bertz CT molecular complexity index is 760. The zero-order valence-electron chi connectivity index (χ0n) is 13.3. The number of carbonyl (C=O) groups excluding carboxylic acids is 1. The molecule has 0 aromatic heterocycles. The molecule has 126 valence electrons. The van der Waals surface area contributed by atoms with Gasteiger partial charge in [0.15, 0.2) is 18.1 Å². The third-order valence-corrected chi connectivity index (χ3v) is 3.67. The van der Waals surface area contributed by atoms with Crippen molar-refractivity contribution >= 4 is 40.9 Å². The van der Waals surface area contributed by atoms with Crippen LogP contribution in [-0.4, -0.2) is 19.6 Å². The molecule has 0 spiro atoms. The average molecular weight is 366 g/mol. The summed E-state index contributed by atoms with van der Waals surface area (Å²) in [4.78, 5) is 12.0. The molecule has 1 N–H and O–H groups in total. The number of rotatable bonds is 6. The predicted molar refractivity (Wildman–Crippen MR) is 98.3 cm³/mol. The SMILES string of the molecule is C/C=C/c1ccc(OCC(=O)Nc2cc(Cl)ccc2Cl)c(OC)c1. The number of halogens is 2. The molecule has 2 rings (SSSR count). The number of methoxy groups -OCH3 is 1. The topological polar surface area (TPSA) is 47.6 Å². The van der Waals surface area contributed by atoms with Gasteiger partial charge in [0, 0.05) is 5.02 Å². The van der Waals surface area contributed by atoms with E-state index in [-0.39, 0.29) is 12.5 Å². The first-order valence-corrected chi connectivity index (χ1v) is 7.97. The molecule has 0 aliphatic carbocycles. The number of hydrogen-bond acceptors (Lipinski definition) is 3. The van der Waals surface area contributed by atoms with E-state index in [1.807, 2.05) is 31.2 Å². The molecule has 0 fully saturated rings. The van der Waals surface area contributed by atoms with Crippen molar-refractivity contribution in [1.29, 1.82) is 0 Å². The molecule has 2 aromatic rings. The van der Waals surface area contributed by atoms with Crippen molar-refractivity contribution in [3.05, 3.63) is 58.1 Å². The highest BCUT2D eigenvalue weighted by molar-refractivity contribution is 6.35. The van der Waals surface area contributed by atoms with E-state index >= 15 is 0 Å². The number of nitrogens with one attached hydrogen (secondary N) is 1. The Morgan fingerprint density at radius 2 is 1.96 bits per heavy atom. The van der Waals surface area contributed by atoms with E-state index in [0.29, 0.717) is 27.2 Å². The van der Waals surface area contributed by atoms with Crippen molar-refractivity contribution in [1.82, 2.24) is 0 Å². The van der Waals surface area contributed by atoms with E-state index in [1.165, 1.54) is 0 Å². The second-order valence-electron chi connectivity index (χ2n) is 4.87. The Kier molecular flexibility index (Phi) is 6.53. The van der Waals surface area contributed by atoms with E-state index in [2.05, 4.69) is 5.32 Å². The van der Waals surface area contributed by atoms with Gasteiger partial charge < -0.3 is 14.8 Å². The first kappa shape index (κ1) is 18.2. The first-order chi connectivity index (χ1) is 11.5. The minimum atomic E-state index is -0.348. The summed E-state index contributed by atoms with van der Waals surface area (Å²) in [6.45, 7) is 1.75. The zero-order valence-corrected chi connectivity index (χ0v) is 14.8. The predicted octanol–water partition coefficient (Wildman–Crippen LogP) is 5.05. The molecule has 4 nitrogen and oxygen atoms in total. The lowest BCUT2D eigenvalue weighted by molar-refractivity contribution is -0.118. The fourth-order valence-corrected chi connectivity index (χ4v) is 2.36. The number of allylic oxidation sites excluding steroid dienone is 1. The van der Waals surface area contributed by atoms with Gasteiger partial charge >= 0.3 is 0 Å². The molecule has 0 aliphatic heterocycles. The smallest absolute Gasteiger partial charge is 0.262 e. The highest BCUT2D eigenvalue weighted by atomic mass is 35.5. The summed E-state index contributed by atoms with van der Waals surface area (Å²) in [6, 6.07) is 10.3. The minimum absolute atomic E-state index is 0.178. The normalized spacial score (nSPS) is 10.7. The molecule has 0 aliphatic rings. The molecular formula is C18H17Cl2NO3. The summed E-state index contributed by atoms with van der Waals surface area (Å²) >= 11 is 11.9. The molecule has 6 heteroatoms. The van der Waals surface area contributed by atoms with Gasteiger partial charge in [-0.3, -0.25) is 4.79 Å². The van der Waals surface area contributed by atoms with Gasteiger partial charge in [-0.2, -0.15) is 0 Å². The van der Waals surface area contributed by atoms with E-state index < -0.39 is 0 Å². The van der Waals surface area contributed by atoms with Crippen LogP contribution in [0.25, 0.3) is 6.08 Å². The van der Waals surface area contributed by atoms with Crippen LogP contribution in [0.4, 0.5) is 5.69 Å². The number of anilines is 1. The van der Waals surface area contributed by atoms with Gasteiger partial charge in [-0.1, -0.05) is 41.4 Å². The largest absolute Gasteiger partial charge is 0.493 e. The number of amides is 1. The van der Waals surface area contributed by atoms with E-state index in [4.69, 9.17) is 32.7 Å². The molecule has 1 amide bonds. The van der Waals surface area contributed by atoms with Crippen molar-refractivity contribution in [3.63, 3.8) is 0 Å². The van der Waals surface area contributed by atoms with Crippen LogP contribution in [0.2, 0.25) is 10.0 Å². The maximum Gasteiger partial charge on any atom is 0.262 e. The maximum absolute atomic E-state index is 12.0. The Labute approximate surface area is 151 Å².